The van der Waals surface area contributed by atoms with Gasteiger partial charge in [0.2, 0.25) is 5.91 Å². The van der Waals surface area contributed by atoms with Crippen molar-refractivity contribution in [3.05, 3.63) is 53.5 Å². The number of hydrogen-bond acceptors (Lipinski definition) is 6. The summed E-state index contributed by atoms with van der Waals surface area (Å²) in [7, 11) is 0. The number of alkyl halides is 3. The molecule has 174 valence electrons. The molecule has 1 amide bonds. The molecule has 1 saturated heterocycles. The molecule has 2 atom stereocenters. The molecule has 3 aromatic rings. The van der Waals surface area contributed by atoms with Crippen molar-refractivity contribution in [1.82, 2.24) is 20.3 Å². The highest BCUT2D eigenvalue weighted by Gasteiger charge is 2.33. The number of carbonyl (C=O) groups is 1. The van der Waals surface area contributed by atoms with Crippen molar-refractivity contribution in [2.75, 3.05) is 23.3 Å². The largest absolute Gasteiger partial charge is 0.416 e. The van der Waals surface area contributed by atoms with Crippen LogP contribution in [-0.4, -0.2) is 40.0 Å². The smallest absolute Gasteiger partial charge is 0.368 e. The van der Waals surface area contributed by atoms with E-state index in [0.29, 0.717) is 29.0 Å². The highest BCUT2D eigenvalue weighted by atomic mass is 19.4. The molecule has 10 heteroatoms. The topological polar surface area (TPSA) is 83.0 Å². The van der Waals surface area contributed by atoms with Crippen LogP contribution in [0.1, 0.15) is 43.0 Å². The number of amides is 1. The number of hydrogen-bond donors (Lipinski definition) is 2. The molecule has 1 aliphatic rings. The summed E-state index contributed by atoms with van der Waals surface area (Å²) in [6.07, 6.45) is -0.466. The molecular formula is C23H25F3N6O. The number of nitrogens with one attached hydrogen (secondary N) is 2. The van der Waals surface area contributed by atoms with Gasteiger partial charge in [0.1, 0.15) is 12.1 Å². The summed E-state index contributed by atoms with van der Waals surface area (Å²) >= 11 is 0. The Morgan fingerprint density at radius 2 is 2.03 bits per heavy atom. The van der Waals surface area contributed by atoms with Gasteiger partial charge in [-0.3, -0.25) is 4.79 Å². The quantitative estimate of drug-likeness (QED) is 0.595. The zero-order chi connectivity index (χ0) is 23.8. The van der Waals surface area contributed by atoms with Gasteiger partial charge in [-0.2, -0.15) is 13.2 Å². The summed E-state index contributed by atoms with van der Waals surface area (Å²) < 4.78 is 40.0. The molecule has 0 bridgehead atoms. The molecular weight excluding hydrogens is 433 g/mol. The number of benzene rings is 1. The molecule has 1 fully saturated rings. The number of fused-ring (bicyclic) bond motifs is 1. The van der Waals surface area contributed by atoms with Gasteiger partial charge in [-0.15, -0.1) is 0 Å². The zero-order valence-corrected chi connectivity index (χ0v) is 18.6. The lowest BCUT2D eigenvalue weighted by molar-refractivity contribution is -0.138. The Balaban J connectivity index is 1.61. The third-order valence-corrected chi connectivity index (χ3v) is 5.94. The third kappa shape index (κ3) is 4.84. The van der Waals surface area contributed by atoms with Crippen molar-refractivity contribution < 1.29 is 18.0 Å². The number of aromatic nitrogens is 3. The van der Waals surface area contributed by atoms with Crippen LogP contribution in [0.4, 0.5) is 24.7 Å². The summed E-state index contributed by atoms with van der Waals surface area (Å²) in [6.45, 7) is 6.22. The molecule has 3 heterocycles. The Hall–Kier alpha value is -3.43. The number of pyridine rings is 1. The number of halogens is 3. The molecule has 0 unspecified atom stereocenters. The van der Waals surface area contributed by atoms with E-state index in [1.165, 1.54) is 26.2 Å². The van der Waals surface area contributed by atoms with Gasteiger partial charge in [0.15, 0.2) is 5.65 Å². The van der Waals surface area contributed by atoms with E-state index in [-0.39, 0.29) is 17.5 Å². The van der Waals surface area contributed by atoms with Crippen molar-refractivity contribution in [2.45, 2.75) is 45.5 Å². The van der Waals surface area contributed by atoms with Gasteiger partial charge < -0.3 is 15.5 Å². The number of anilines is 2. The molecule has 0 spiro atoms. The van der Waals surface area contributed by atoms with E-state index >= 15 is 0 Å². The van der Waals surface area contributed by atoms with Gasteiger partial charge in [0.25, 0.3) is 0 Å². The summed E-state index contributed by atoms with van der Waals surface area (Å²) in [5, 5.41) is 6.85. The lowest BCUT2D eigenvalue weighted by atomic mass is 9.97. The highest BCUT2D eigenvalue weighted by molar-refractivity contribution is 5.89. The summed E-state index contributed by atoms with van der Waals surface area (Å²) in [4.78, 5) is 26.5. The predicted molar refractivity (Wildman–Crippen MR) is 120 cm³/mol. The predicted octanol–water partition coefficient (Wildman–Crippen LogP) is 4.24. The summed E-state index contributed by atoms with van der Waals surface area (Å²) in [6, 6.07) is 5.76. The standard InChI is InChI=1S/C23H25F3N6O/c1-13-18(5-4-6-20(13)23(24,25)26)14(2)30-22-19-9-17(10-27-21(19)28-12-29-22)32-8-7-16(11-32)31-15(3)33/h4-6,9-10,12,14,16H,7-8,11H2,1-3H3,(H,31,33)(H,27,28,29,30)/t14-,16-/m1/s1. The molecule has 0 saturated carbocycles. The van der Waals surface area contributed by atoms with E-state index < -0.39 is 17.8 Å². The first-order chi connectivity index (χ1) is 15.6. The summed E-state index contributed by atoms with van der Waals surface area (Å²) in [5.74, 6) is 0.438. The molecule has 7 nitrogen and oxygen atoms in total. The molecule has 2 N–H and O–H groups in total. The second kappa shape index (κ2) is 8.84. The van der Waals surface area contributed by atoms with E-state index in [9.17, 15) is 18.0 Å². The van der Waals surface area contributed by atoms with Crippen LogP contribution in [0.2, 0.25) is 0 Å². The fraction of sp³-hybridized carbons (Fsp3) is 0.391. The molecule has 0 aliphatic carbocycles. The van der Waals surface area contributed by atoms with Gasteiger partial charge in [0, 0.05) is 26.1 Å². The SMILES string of the molecule is CC(=O)N[C@@H]1CCN(c2cnc3ncnc(N[C@H](C)c4cccc(C(F)(F)F)c4C)c3c2)C1. The highest BCUT2D eigenvalue weighted by Crippen LogP contribution is 2.35. The Labute approximate surface area is 189 Å². The van der Waals surface area contributed by atoms with Crippen LogP contribution in [-0.2, 0) is 11.0 Å². The van der Waals surface area contributed by atoms with Crippen molar-refractivity contribution in [3.63, 3.8) is 0 Å². The van der Waals surface area contributed by atoms with E-state index in [1.807, 2.05) is 6.07 Å². The third-order valence-electron chi connectivity index (χ3n) is 5.94. The van der Waals surface area contributed by atoms with E-state index in [4.69, 9.17) is 0 Å². The van der Waals surface area contributed by atoms with Crippen molar-refractivity contribution >= 4 is 28.4 Å². The average molecular weight is 458 g/mol. The normalized spacial score (nSPS) is 17.3. The number of nitrogens with zero attached hydrogens (tertiary/aromatic N) is 4. The Kier molecular flexibility index (Phi) is 6.09. The Bertz CT molecular complexity index is 1180. The van der Waals surface area contributed by atoms with E-state index in [0.717, 1.165) is 24.7 Å². The number of rotatable bonds is 5. The van der Waals surface area contributed by atoms with Crippen LogP contribution in [0.5, 0.6) is 0 Å². The monoisotopic (exact) mass is 458 g/mol. The van der Waals surface area contributed by atoms with Gasteiger partial charge in [-0.1, -0.05) is 12.1 Å². The minimum Gasteiger partial charge on any atom is -0.368 e. The lowest BCUT2D eigenvalue weighted by Crippen LogP contribution is -2.35. The fourth-order valence-corrected chi connectivity index (χ4v) is 4.34. The first kappa shape index (κ1) is 22.8. The van der Waals surface area contributed by atoms with Crippen molar-refractivity contribution in [1.29, 1.82) is 0 Å². The maximum absolute atomic E-state index is 13.3. The van der Waals surface area contributed by atoms with Crippen LogP contribution in [0, 0.1) is 6.92 Å². The lowest BCUT2D eigenvalue weighted by Gasteiger charge is -2.22. The molecule has 2 aromatic heterocycles. The zero-order valence-electron chi connectivity index (χ0n) is 18.6. The molecule has 1 aliphatic heterocycles. The van der Waals surface area contributed by atoms with Gasteiger partial charge in [0.05, 0.1) is 28.9 Å². The van der Waals surface area contributed by atoms with E-state index in [2.05, 4.69) is 30.5 Å². The van der Waals surface area contributed by atoms with E-state index in [1.54, 1.807) is 19.2 Å². The first-order valence-electron chi connectivity index (χ1n) is 10.7. The van der Waals surface area contributed by atoms with Crippen LogP contribution in [0.25, 0.3) is 11.0 Å². The minimum atomic E-state index is -4.41. The maximum atomic E-state index is 13.3. The van der Waals surface area contributed by atoms with Crippen LogP contribution in [0.3, 0.4) is 0 Å². The summed E-state index contributed by atoms with van der Waals surface area (Å²) in [5.41, 5.74) is 1.44. The molecule has 33 heavy (non-hydrogen) atoms. The van der Waals surface area contributed by atoms with Crippen LogP contribution < -0.4 is 15.5 Å². The molecule has 0 radical (unpaired) electrons. The number of carbonyl (C=O) groups excluding carboxylic acids is 1. The van der Waals surface area contributed by atoms with Gasteiger partial charge in [-0.25, -0.2) is 15.0 Å². The average Bonchev–Trinajstić information content (AvgIpc) is 3.20. The fourth-order valence-electron chi connectivity index (χ4n) is 4.34. The minimum absolute atomic E-state index is 0.0581. The Morgan fingerprint density at radius 1 is 1.24 bits per heavy atom. The van der Waals surface area contributed by atoms with Crippen molar-refractivity contribution in [2.24, 2.45) is 0 Å². The van der Waals surface area contributed by atoms with Crippen molar-refractivity contribution in [3.8, 4) is 0 Å². The Morgan fingerprint density at radius 3 is 2.76 bits per heavy atom. The second-order valence-electron chi connectivity index (χ2n) is 8.30. The molecule has 1 aromatic carbocycles. The maximum Gasteiger partial charge on any atom is 0.416 e. The van der Waals surface area contributed by atoms with Gasteiger partial charge >= 0.3 is 6.18 Å². The van der Waals surface area contributed by atoms with Crippen LogP contribution >= 0.6 is 0 Å². The second-order valence-corrected chi connectivity index (χ2v) is 8.30. The molecule has 4 rings (SSSR count). The van der Waals surface area contributed by atoms with Crippen LogP contribution in [0.15, 0.2) is 36.8 Å². The first-order valence-corrected chi connectivity index (χ1v) is 10.7. The van der Waals surface area contributed by atoms with Gasteiger partial charge in [-0.05, 0) is 43.5 Å².